The van der Waals surface area contributed by atoms with Gasteiger partial charge in [0.05, 0.1) is 5.69 Å². The Balaban J connectivity index is 2.24. The normalized spacial score (nSPS) is 25.8. The molecule has 2 heterocycles. The Morgan fingerprint density at radius 2 is 2.19 bits per heavy atom. The van der Waals surface area contributed by atoms with Crippen LogP contribution in [0.15, 0.2) is 12.1 Å². The van der Waals surface area contributed by atoms with Crippen molar-refractivity contribution in [2.45, 2.75) is 45.2 Å². The second kappa shape index (κ2) is 4.78. The largest absolute Gasteiger partial charge is 0.348 e. The van der Waals surface area contributed by atoms with E-state index in [9.17, 15) is 0 Å². The van der Waals surface area contributed by atoms with Crippen LogP contribution in [0, 0.1) is 6.92 Å². The molecule has 88 valence electrons. The highest BCUT2D eigenvalue weighted by atomic mass is 15.3. The van der Waals surface area contributed by atoms with Gasteiger partial charge in [0, 0.05) is 18.6 Å². The lowest BCUT2D eigenvalue weighted by molar-refractivity contribution is 0.396. The molecule has 1 aliphatic heterocycles. The highest BCUT2D eigenvalue weighted by Crippen LogP contribution is 2.26. The highest BCUT2D eigenvalue weighted by molar-refractivity contribution is 5.40. The zero-order valence-corrected chi connectivity index (χ0v) is 10.1. The summed E-state index contributed by atoms with van der Waals surface area (Å²) in [6, 6.07) is 4.99. The van der Waals surface area contributed by atoms with E-state index in [1.165, 1.54) is 12.8 Å². The van der Waals surface area contributed by atoms with Gasteiger partial charge in [0.1, 0.15) is 0 Å². The summed E-state index contributed by atoms with van der Waals surface area (Å²) in [5.74, 6) is 0.966. The van der Waals surface area contributed by atoms with Crippen molar-refractivity contribution in [2.24, 2.45) is 5.73 Å². The van der Waals surface area contributed by atoms with Crippen LogP contribution in [-0.4, -0.2) is 28.8 Å². The minimum atomic E-state index is 0.417. The van der Waals surface area contributed by atoms with E-state index in [-0.39, 0.29) is 0 Å². The second-order valence-corrected chi connectivity index (χ2v) is 4.61. The van der Waals surface area contributed by atoms with Crippen molar-refractivity contribution in [1.82, 2.24) is 10.2 Å². The first-order valence-corrected chi connectivity index (χ1v) is 6.01. The molecule has 1 aliphatic rings. The van der Waals surface area contributed by atoms with Gasteiger partial charge in [-0.05, 0) is 45.2 Å². The number of aryl methyl sites for hydroxylation is 1. The summed E-state index contributed by atoms with van der Waals surface area (Å²) in [4.78, 5) is 2.33. The molecule has 1 aromatic rings. The number of aromatic nitrogens is 2. The Hall–Kier alpha value is -1.16. The summed E-state index contributed by atoms with van der Waals surface area (Å²) in [7, 11) is 0. The van der Waals surface area contributed by atoms with Crippen LogP contribution in [-0.2, 0) is 0 Å². The van der Waals surface area contributed by atoms with Gasteiger partial charge in [-0.2, -0.15) is 5.10 Å². The quantitative estimate of drug-likeness (QED) is 0.820. The molecule has 2 rings (SSSR count). The smallest absolute Gasteiger partial charge is 0.151 e. The van der Waals surface area contributed by atoms with Gasteiger partial charge in [-0.3, -0.25) is 0 Å². The Bertz CT molecular complexity index is 335. The van der Waals surface area contributed by atoms with Crippen LogP contribution in [0.5, 0.6) is 0 Å². The molecule has 0 spiro atoms. The molecule has 4 nitrogen and oxygen atoms in total. The molecule has 0 aromatic carbocycles. The lowest BCUT2D eigenvalue weighted by atomic mass is 9.96. The van der Waals surface area contributed by atoms with Crippen molar-refractivity contribution >= 4 is 5.82 Å². The Kier molecular flexibility index (Phi) is 3.39. The Morgan fingerprint density at radius 1 is 1.38 bits per heavy atom. The van der Waals surface area contributed by atoms with Gasteiger partial charge >= 0.3 is 0 Å². The second-order valence-electron chi connectivity index (χ2n) is 4.61. The van der Waals surface area contributed by atoms with Gasteiger partial charge in [-0.15, -0.1) is 5.10 Å². The maximum atomic E-state index is 5.83. The van der Waals surface area contributed by atoms with Crippen molar-refractivity contribution in [2.75, 3.05) is 11.4 Å². The van der Waals surface area contributed by atoms with Crippen LogP contribution < -0.4 is 10.6 Å². The fourth-order valence-electron chi connectivity index (χ4n) is 2.46. The first kappa shape index (κ1) is 11.3. The SMILES string of the molecule is Cc1ccc(N2C(C)CCCC2CN)nn1. The molecule has 2 unspecified atom stereocenters. The number of rotatable bonds is 2. The zero-order valence-electron chi connectivity index (χ0n) is 10.1. The van der Waals surface area contributed by atoms with Gasteiger partial charge in [0.15, 0.2) is 5.82 Å². The molecular weight excluding hydrogens is 200 g/mol. The van der Waals surface area contributed by atoms with E-state index in [1.807, 2.05) is 19.1 Å². The molecule has 1 aromatic heterocycles. The van der Waals surface area contributed by atoms with Crippen LogP contribution >= 0.6 is 0 Å². The van der Waals surface area contributed by atoms with E-state index in [0.717, 1.165) is 17.9 Å². The van der Waals surface area contributed by atoms with Crippen molar-refractivity contribution in [3.05, 3.63) is 17.8 Å². The molecule has 0 amide bonds. The fourth-order valence-corrected chi connectivity index (χ4v) is 2.46. The lowest BCUT2D eigenvalue weighted by Gasteiger charge is -2.40. The third kappa shape index (κ3) is 2.16. The van der Waals surface area contributed by atoms with Crippen LogP contribution in [0.1, 0.15) is 31.9 Å². The minimum absolute atomic E-state index is 0.417. The number of piperidine rings is 1. The predicted molar refractivity (Wildman–Crippen MR) is 65.4 cm³/mol. The van der Waals surface area contributed by atoms with E-state index in [1.54, 1.807) is 0 Å². The van der Waals surface area contributed by atoms with Crippen LogP contribution in [0.3, 0.4) is 0 Å². The van der Waals surface area contributed by atoms with Crippen molar-refractivity contribution in [3.8, 4) is 0 Å². The van der Waals surface area contributed by atoms with E-state index in [0.29, 0.717) is 18.6 Å². The number of hydrogen-bond acceptors (Lipinski definition) is 4. The summed E-state index contributed by atoms with van der Waals surface area (Å²) in [5, 5.41) is 8.40. The van der Waals surface area contributed by atoms with E-state index in [2.05, 4.69) is 22.0 Å². The van der Waals surface area contributed by atoms with Crippen molar-refractivity contribution in [1.29, 1.82) is 0 Å². The zero-order chi connectivity index (χ0) is 11.5. The molecule has 0 radical (unpaired) electrons. The number of nitrogens with zero attached hydrogens (tertiary/aromatic N) is 3. The maximum Gasteiger partial charge on any atom is 0.151 e. The van der Waals surface area contributed by atoms with Crippen LogP contribution in [0.4, 0.5) is 5.82 Å². The van der Waals surface area contributed by atoms with Crippen LogP contribution in [0.25, 0.3) is 0 Å². The van der Waals surface area contributed by atoms with Gasteiger partial charge in [0.25, 0.3) is 0 Å². The van der Waals surface area contributed by atoms with E-state index >= 15 is 0 Å². The average molecular weight is 220 g/mol. The Labute approximate surface area is 96.9 Å². The minimum Gasteiger partial charge on any atom is -0.348 e. The number of anilines is 1. The summed E-state index contributed by atoms with van der Waals surface area (Å²) in [5.41, 5.74) is 6.79. The number of nitrogens with two attached hydrogens (primary N) is 1. The molecule has 0 aliphatic carbocycles. The fraction of sp³-hybridized carbons (Fsp3) is 0.667. The molecule has 4 heteroatoms. The topological polar surface area (TPSA) is 55.0 Å². The summed E-state index contributed by atoms with van der Waals surface area (Å²) >= 11 is 0. The number of hydrogen-bond donors (Lipinski definition) is 1. The average Bonchev–Trinajstić information content (AvgIpc) is 2.30. The van der Waals surface area contributed by atoms with Gasteiger partial charge < -0.3 is 10.6 Å². The molecule has 0 bridgehead atoms. The molecule has 16 heavy (non-hydrogen) atoms. The van der Waals surface area contributed by atoms with Gasteiger partial charge in [-0.1, -0.05) is 0 Å². The molecule has 2 atom stereocenters. The first-order chi connectivity index (χ1) is 7.72. The third-order valence-electron chi connectivity index (χ3n) is 3.35. The first-order valence-electron chi connectivity index (χ1n) is 6.01. The Morgan fingerprint density at radius 3 is 2.81 bits per heavy atom. The summed E-state index contributed by atoms with van der Waals surface area (Å²) < 4.78 is 0. The molecule has 1 fully saturated rings. The standard InChI is InChI=1S/C12H20N4/c1-9-6-7-12(15-14-9)16-10(2)4-3-5-11(16)8-13/h6-7,10-11H,3-5,8,13H2,1-2H3. The van der Waals surface area contributed by atoms with Gasteiger partial charge in [0.2, 0.25) is 0 Å². The van der Waals surface area contributed by atoms with Crippen LogP contribution in [0.2, 0.25) is 0 Å². The molecular formula is C12H20N4. The molecule has 1 saturated heterocycles. The predicted octanol–water partition coefficient (Wildman–Crippen LogP) is 1.49. The summed E-state index contributed by atoms with van der Waals surface area (Å²) in [6.45, 7) is 4.89. The summed E-state index contributed by atoms with van der Waals surface area (Å²) in [6.07, 6.45) is 3.64. The van der Waals surface area contributed by atoms with Crippen molar-refractivity contribution < 1.29 is 0 Å². The molecule has 0 saturated carbocycles. The van der Waals surface area contributed by atoms with Gasteiger partial charge in [-0.25, -0.2) is 0 Å². The van der Waals surface area contributed by atoms with E-state index < -0.39 is 0 Å². The monoisotopic (exact) mass is 220 g/mol. The van der Waals surface area contributed by atoms with E-state index in [4.69, 9.17) is 5.73 Å². The highest BCUT2D eigenvalue weighted by Gasteiger charge is 2.27. The molecule has 2 N–H and O–H groups in total. The lowest BCUT2D eigenvalue weighted by Crippen LogP contribution is -2.49. The maximum absolute atomic E-state index is 5.83. The third-order valence-corrected chi connectivity index (χ3v) is 3.35. The van der Waals surface area contributed by atoms with Crippen molar-refractivity contribution in [3.63, 3.8) is 0 Å².